The van der Waals surface area contributed by atoms with Crippen LogP contribution in [-0.4, -0.2) is 47.2 Å². The molecule has 0 amide bonds. The minimum Gasteiger partial charge on any atom is -0.478 e. The maximum Gasteiger partial charge on any atom is 0.328 e. The Morgan fingerprint density at radius 3 is 2.36 bits per heavy atom. The molecule has 0 bridgehead atoms. The van der Waals surface area contributed by atoms with Crippen molar-refractivity contribution < 1.29 is 19.8 Å². The minimum atomic E-state index is -1.26. The maximum absolute atomic E-state index is 9.55. The van der Waals surface area contributed by atoms with E-state index in [4.69, 9.17) is 21.8 Å². The van der Waals surface area contributed by atoms with Gasteiger partial charge in [0.2, 0.25) is 0 Å². The summed E-state index contributed by atoms with van der Waals surface area (Å²) in [5.41, 5.74) is 1.39. The number of benzene rings is 1. The topological polar surface area (TPSA) is 77.8 Å². The van der Waals surface area contributed by atoms with Crippen molar-refractivity contribution in [2.45, 2.75) is 25.2 Å². The molecule has 0 spiro atoms. The zero-order valence-corrected chi connectivity index (χ0v) is 15.0. The lowest BCUT2D eigenvalue weighted by Gasteiger charge is -2.33. The summed E-state index contributed by atoms with van der Waals surface area (Å²) in [5.74, 6) is -0.101. The molecule has 136 valence electrons. The minimum absolute atomic E-state index is 0.558. The number of aliphatic carboxylic acids is 2. The fourth-order valence-electron chi connectivity index (χ4n) is 4.00. The molecule has 2 fully saturated rings. The van der Waals surface area contributed by atoms with Gasteiger partial charge in [-0.3, -0.25) is 0 Å². The highest BCUT2D eigenvalue weighted by Gasteiger charge is 2.39. The quantitative estimate of drug-likeness (QED) is 0.801. The van der Waals surface area contributed by atoms with Gasteiger partial charge in [0, 0.05) is 30.3 Å². The maximum atomic E-state index is 9.55. The van der Waals surface area contributed by atoms with E-state index >= 15 is 0 Å². The third kappa shape index (κ3) is 5.58. The van der Waals surface area contributed by atoms with Crippen molar-refractivity contribution in [3.05, 3.63) is 47.0 Å². The van der Waals surface area contributed by atoms with E-state index < -0.39 is 11.9 Å². The third-order valence-electron chi connectivity index (χ3n) is 4.95. The molecule has 1 aromatic rings. The van der Waals surface area contributed by atoms with Gasteiger partial charge in [-0.15, -0.1) is 0 Å². The molecule has 2 N–H and O–H groups in total. The number of fused-ring (bicyclic) bond motifs is 1. The zero-order chi connectivity index (χ0) is 18.4. The van der Waals surface area contributed by atoms with Gasteiger partial charge >= 0.3 is 11.9 Å². The van der Waals surface area contributed by atoms with Gasteiger partial charge in [0.05, 0.1) is 0 Å². The van der Waals surface area contributed by atoms with Crippen LogP contribution in [0.2, 0.25) is 5.02 Å². The van der Waals surface area contributed by atoms with E-state index in [0.717, 1.165) is 16.9 Å². The number of hydrogen-bond donors (Lipinski definition) is 2. The van der Waals surface area contributed by atoms with Crippen molar-refractivity contribution in [2.24, 2.45) is 11.8 Å². The molecule has 1 saturated heterocycles. The second-order valence-corrected chi connectivity index (χ2v) is 7.12. The number of likely N-dealkylation sites (tertiary alicyclic amines) is 1. The number of carbonyl (C=O) groups is 2. The Morgan fingerprint density at radius 2 is 1.76 bits per heavy atom. The summed E-state index contributed by atoms with van der Waals surface area (Å²) in [5, 5.41) is 16.6. The molecule has 6 heteroatoms. The predicted molar refractivity (Wildman–Crippen MR) is 96.9 cm³/mol. The van der Waals surface area contributed by atoms with Crippen LogP contribution in [-0.2, 0) is 9.59 Å². The van der Waals surface area contributed by atoms with E-state index in [2.05, 4.69) is 24.1 Å². The van der Waals surface area contributed by atoms with Crippen molar-refractivity contribution in [2.75, 3.05) is 20.1 Å². The standard InChI is InChI=1S/C15H20ClN.C4H4O4/c1-17-9-11-5-4-7-12(14(11)10-17)13-6-2-3-8-15(13)16;5-3(6)1-2-4(7)8/h2-3,6,8,11-12,14H,4-5,7,9-10H2,1H3;1-2H,(H,5,6)(H,7,8)/b;2-1+/t11-,12-,14+;/m0./s1. The molecule has 0 radical (unpaired) electrons. The molecule has 5 nitrogen and oxygen atoms in total. The molecular formula is C19H24ClNO4. The number of hydrogen-bond acceptors (Lipinski definition) is 3. The normalized spacial score (nSPS) is 25.9. The first-order chi connectivity index (χ1) is 11.9. The summed E-state index contributed by atoms with van der Waals surface area (Å²) in [6, 6.07) is 8.43. The number of rotatable bonds is 3. The fraction of sp³-hybridized carbons (Fsp3) is 0.474. The average molecular weight is 366 g/mol. The van der Waals surface area contributed by atoms with Crippen LogP contribution < -0.4 is 0 Å². The predicted octanol–water partition coefficient (Wildman–Crippen LogP) is 3.50. The van der Waals surface area contributed by atoms with E-state index in [1.165, 1.54) is 37.9 Å². The monoisotopic (exact) mass is 365 g/mol. The lowest BCUT2D eigenvalue weighted by molar-refractivity contribution is -0.134. The molecular weight excluding hydrogens is 342 g/mol. The number of carboxylic acid groups (broad SMARTS) is 2. The molecule has 25 heavy (non-hydrogen) atoms. The number of carboxylic acids is 2. The summed E-state index contributed by atoms with van der Waals surface area (Å²) in [7, 11) is 2.25. The second-order valence-electron chi connectivity index (χ2n) is 6.71. The van der Waals surface area contributed by atoms with Crippen molar-refractivity contribution >= 4 is 23.5 Å². The van der Waals surface area contributed by atoms with Gasteiger partial charge in [-0.2, -0.15) is 0 Å². The molecule has 0 aromatic heterocycles. The molecule has 1 aromatic carbocycles. The van der Waals surface area contributed by atoms with Crippen molar-refractivity contribution in [1.29, 1.82) is 0 Å². The lowest BCUT2D eigenvalue weighted by atomic mass is 9.71. The van der Waals surface area contributed by atoms with Gasteiger partial charge < -0.3 is 15.1 Å². The van der Waals surface area contributed by atoms with E-state index in [-0.39, 0.29) is 0 Å². The average Bonchev–Trinajstić information content (AvgIpc) is 2.94. The van der Waals surface area contributed by atoms with Crippen molar-refractivity contribution in [3.8, 4) is 0 Å². The first kappa shape index (κ1) is 19.5. The Kier molecular flexibility index (Phi) is 7.02. The summed E-state index contributed by atoms with van der Waals surface area (Å²) >= 11 is 6.37. The SMILES string of the molecule is CN1C[C@@H]2CCC[C@@H](c3ccccc3Cl)[C@@H]2C1.O=C(O)/C=C/C(=O)O. The van der Waals surface area contributed by atoms with Gasteiger partial charge in [0.1, 0.15) is 0 Å². The van der Waals surface area contributed by atoms with Crippen LogP contribution in [0.4, 0.5) is 0 Å². The largest absolute Gasteiger partial charge is 0.478 e. The van der Waals surface area contributed by atoms with Crippen LogP contribution in [0, 0.1) is 11.8 Å². The Labute approximate surface area is 152 Å². The Hall–Kier alpha value is -1.85. The molecule has 0 unspecified atom stereocenters. The van der Waals surface area contributed by atoms with Gasteiger partial charge in [0.15, 0.2) is 0 Å². The van der Waals surface area contributed by atoms with Crippen LogP contribution in [0.1, 0.15) is 30.7 Å². The molecule has 1 aliphatic heterocycles. The Morgan fingerprint density at radius 1 is 1.12 bits per heavy atom. The van der Waals surface area contributed by atoms with E-state index in [1.54, 1.807) is 0 Å². The third-order valence-corrected chi connectivity index (χ3v) is 5.30. The van der Waals surface area contributed by atoms with Gasteiger partial charge in [-0.05, 0) is 49.3 Å². The number of nitrogens with zero attached hydrogens (tertiary/aromatic N) is 1. The first-order valence-corrected chi connectivity index (χ1v) is 8.83. The summed E-state index contributed by atoms with van der Waals surface area (Å²) in [6.45, 7) is 2.53. The molecule has 3 atom stereocenters. The van der Waals surface area contributed by atoms with Crippen molar-refractivity contribution in [3.63, 3.8) is 0 Å². The first-order valence-electron chi connectivity index (χ1n) is 8.45. The second kappa shape index (κ2) is 9.02. The van der Waals surface area contributed by atoms with Gasteiger partial charge in [-0.25, -0.2) is 9.59 Å². The van der Waals surface area contributed by atoms with Crippen molar-refractivity contribution in [1.82, 2.24) is 4.90 Å². The van der Waals surface area contributed by atoms with E-state index in [0.29, 0.717) is 18.1 Å². The molecule has 1 aliphatic carbocycles. The Bertz CT molecular complexity index is 630. The van der Waals surface area contributed by atoms with E-state index in [9.17, 15) is 9.59 Å². The fourth-order valence-corrected chi connectivity index (χ4v) is 4.27. The highest BCUT2D eigenvalue weighted by atomic mass is 35.5. The molecule has 1 heterocycles. The summed E-state index contributed by atoms with van der Waals surface area (Å²) in [6.07, 6.45) is 5.21. The molecule has 1 saturated carbocycles. The van der Waals surface area contributed by atoms with Crippen LogP contribution in [0.3, 0.4) is 0 Å². The smallest absolute Gasteiger partial charge is 0.328 e. The highest BCUT2D eigenvalue weighted by Crippen LogP contribution is 2.46. The highest BCUT2D eigenvalue weighted by molar-refractivity contribution is 6.31. The van der Waals surface area contributed by atoms with Crippen LogP contribution in [0.25, 0.3) is 0 Å². The summed E-state index contributed by atoms with van der Waals surface area (Å²) < 4.78 is 0. The van der Waals surface area contributed by atoms with Gasteiger partial charge in [0.25, 0.3) is 0 Å². The molecule has 2 aliphatic rings. The number of halogens is 1. The molecule has 3 rings (SSSR count). The van der Waals surface area contributed by atoms with Crippen LogP contribution in [0.5, 0.6) is 0 Å². The lowest BCUT2D eigenvalue weighted by Crippen LogP contribution is -2.25. The van der Waals surface area contributed by atoms with Crippen LogP contribution in [0.15, 0.2) is 36.4 Å². The van der Waals surface area contributed by atoms with Crippen LogP contribution >= 0.6 is 11.6 Å². The van der Waals surface area contributed by atoms with Gasteiger partial charge in [-0.1, -0.05) is 36.2 Å². The summed E-state index contributed by atoms with van der Waals surface area (Å²) in [4.78, 5) is 21.6. The zero-order valence-electron chi connectivity index (χ0n) is 14.3. The Balaban J connectivity index is 0.000000242. The van der Waals surface area contributed by atoms with E-state index in [1.807, 2.05) is 12.1 Å².